The molecule has 0 radical (unpaired) electrons. The van der Waals surface area contributed by atoms with Crippen LogP contribution in [0.3, 0.4) is 0 Å². The van der Waals surface area contributed by atoms with Crippen molar-refractivity contribution in [3.8, 4) is 0 Å². The minimum atomic E-state index is -0.445. The number of nitrogens with one attached hydrogen (secondary N) is 2. The van der Waals surface area contributed by atoms with E-state index in [4.69, 9.17) is 16.3 Å². The molecule has 1 aromatic rings. The Bertz CT molecular complexity index is 746. The number of halogens is 2. The van der Waals surface area contributed by atoms with Crippen molar-refractivity contribution in [2.24, 2.45) is 5.92 Å². The van der Waals surface area contributed by atoms with Gasteiger partial charge in [-0.25, -0.2) is 14.0 Å². The highest BCUT2D eigenvalue weighted by Gasteiger charge is 2.41. The average molecular weight is 427 g/mol. The van der Waals surface area contributed by atoms with Crippen LogP contribution in [0.1, 0.15) is 24.8 Å². The molecule has 2 N–H and O–H groups in total. The van der Waals surface area contributed by atoms with Gasteiger partial charge in [0.2, 0.25) is 0 Å². The Morgan fingerprint density at radius 1 is 1.31 bits per heavy atom. The zero-order chi connectivity index (χ0) is 21.0. The first-order valence-electron chi connectivity index (χ1n) is 9.88. The summed E-state index contributed by atoms with van der Waals surface area (Å²) in [5.41, 5.74) is 0.381. The number of urea groups is 2. The van der Waals surface area contributed by atoms with Crippen molar-refractivity contribution in [1.29, 1.82) is 0 Å². The number of rotatable bonds is 6. The average Bonchev–Trinajstić information content (AvgIpc) is 3.52. The molecular formula is C20H28ClFN4O3. The van der Waals surface area contributed by atoms with E-state index in [2.05, 4.69) is 10.6 Å². The summed E-state index contributed by atoms with van der Waals surface area (Å²) in [4.78, 5) is 28.8. The summed E-state index contributed by atoms with van der Waals surface area (Å²) in [6, 6.07) is 4.06. The molecular weight excluding hydrogens is 399 g/mol. The second-order valence-electron chi connectivity index (χ2n) is 7.70. The van der Waals surface area contributed by atoms with Gasteiger partial charge in [-0.1, -0.05) is 17.7 Å². The van der Waals surface area contributed by atoms with Crippen LogP contribution in [0.4, 0.5) is 14.0 Å². The first-order chi connectivity index (χ1) is 13.9. The Kier molecular flexibility index (Phi) is 7.18. The molecule has 29 heavy (non-hydrogen) atoms. The van der Waals surface area contributed by atoms with Crippen molar-refractivity contribution in [2.75, 3.05) is 33.9 Å². The van der Waals surface area contributed by atoms with Gasteiger partial charge in [0.05, 0.1) is 12.6 Å². The Morgan fingerprint density at radius 2 is 2.07 bits per heavy atom. The highest BCUT2D eigenvalue weighted by molar-refractivity contribution is 6.30. The lowest BCUT2D eigenvalue weighted by Gasteiger charge is -2.42. The molecule has 9 heteroatoms. The van der Waals surface area contributed by atoms with Gasteiger partial charge in [0, 0.05) is 56.3 Å². The number of carbonyl (C=O) groups is 2. The van der Waals surface area contributed by atoms with E-state index in [-0.39, 0.29) is 36.6 Å². The van der Waals surface area contributed by atoms with Crippen LogP contribution in [0.2, 0.25) is 5.02 Å². The minimum Gasteiger partial charge on any atom is -0.384 e. The summed E-state index contributed by atoms with van der Waals surface area (Å²) in [6.07, 6.45) is 2.64. The number of nitrogens with zero attached hydrogens (tertiary/aromatic N) is 2. The number of methoxy groups -OCH3 is 1. The fourth-order valence-corrected chi connectivity index (χ4v) is 4.12. The van der Waals surface area contributed by atoms with Crippen LogP contribution in [0, 0.1) is 11.7 Å². The third-order valence-corrected chi connectivity index (χ3v) is 5.67. The topological polar surface area (TPSA) is 73.9 Å². The highest BCUT2D eigenvalue weighted by Crippen LogP contribution is 2.33. The lowest BCUT2D eigenvalue weighted by Crippen LogP contribution is -2.58. The van der Waals surface area contributed by atoms with Crippen LogP contribution < -0.4 is 10.6 Å². The fraction of sp³-hybridized carbons (Fsp3) is 0.600. The largest absolute Gasteiger partial charge is 0.384 e. The van der Waals surface area contributed by atoms with Crippen molar-refractivity contribution in [2.45, 2.75) is 37.9 Å². The molecule has 1 saturated heterocycles. The number of benzene rings is 1. The van der Waals surface area contributed by atoms with E-state index in [1.807, 2.05) is 4.90 Å². The van der Waals surface area contributed by atoms with Gasteiger partial charge < -0.3 is 25.2 Å². The number of hydrogen-bond acceptors (Lipinski definition) is 3. The first kappa shape index (κ1) is 21.6. The fourth-order valence-electron chi connectivity index (χ4n) is 3.97. The number of likely N-dealkylation sites (tertiary alicyclic amines) is 1. The van der Waals surface area contributed by atoms with E-state index < -0.39 is 5.82 Å². The van der Waals surface area contributed by atoms with E-state index in [9.17, 15) is 14.0 Å². The molecule has 2 atom stereocenters. The van der Waals surface area contributed by atoms with Crippen molar-refractivity contribution in [1.82, 2.24) is 20.4 Å². The summed E-state index contributed by atoms with van der Waals surface area (Å²) in [7, 11) is 3.24. The summed E-state index contributed by atoms with van der Waals surface area (Å²) in [5, 5.41) is 5.82. The van der Waals surface area contributed by atoms with Crippen LogP contribution in [0.5, 0.6) is 0 Å². The molecule has 0 bridgehead atoms. The van der Waals surface area contributed by atoms with Gasteiger partial charge in [-0.2, -0.15) is 0 Å². The normalized spacial score (nSPS) is 21.6. The third-order valence-electron chi connectivity index (χ3n) is 5.43. The van der Waals surface area contributed by atoms with E-state index >= 15 is 0 Å². The number of hydrogen-bond donors (Lipinski definition) is 2. The van der Waals surface area contributed by atoms with E-state index in [0.29, 0.717) is 30.3 Å². The molecule has 2 aliphatic rings. The molecule has 1 heterocycles. The maximum atomic E-state index is 14.0. The first-order valence-corrected chi connectivity index (χ1v) is 10.3. The number of amides is 4. The number of piperidine rings is 1. The molecule has 3 rings (SSSR count). The van der Waals surface area contributed by atoms with Crippen molar-refractivity contribution >= 4 is 23.7 Å². The molecule has 0 spiro atoms. The third kappa shape index (κ3) is 5.51. The second-order valence-corrected chi connectivity index (χ2v) is 8.14. The SMILES string of the molecule is CNC(=O)N1CC(COC)CC(N(C(=O)NCc2ccc(Cl)cc2F)C2CC2)C1. The lowest BCUT2D eigenvalue weighted by atomic mass is 9.94. The van der Waals surface area contributed by atoms with Crippen LogP contribution in [-0.4, -0.2) is 67.8 Å². The Labute approximate surface area is 175 Å². The molecule has 2 fully saturated rings. The van der Waals surface area contributed by atoms with Gasteiger partial charge in [0.25, 0.3) is 0 Å². The van der Waals surface area contributed by atoms with Gasteiger partial charge in [-0.05, 0) is 31.4 Å². The molecule has 4 amide bonds. The Hall–Kier alpha value is -2.06. The van der Waals surface area contributed by atoms with Crippen molar-refractivity contribution < 1.29 is 18.7 Å². The molecule has 1 aliphatic heterocycles. The molecule has 1 aliphatic carbocycles. The predicted octanol–water partition coefficient (Wildman–Crippen LogP) is 2.83. The Balaban J connectivity index is 1.70. The smallest absolute Gasteiger partial charge is 0.318 e. The van der Waals surface area contributed by atoms with E-state index in [1.165, 1.54) is 6.07 Å². The molecule has 160 valence electrons. The van der Waals surface area contributed by atoms with Crippen LogP contribution in [0.25, 0.3) is 0 Å². The van der Waals surface area contributed by atoms with E-state index in [0.717, 1.165) is 19.3 Å². The molecule has 7 nitrogen and oxygen atoms in total. The minimum absolute atomic E-state index is 0.0818. The molecule has 2 unspecified atom stereocenters. The van der Waals surface area contributed by atoms with Gasteiger partial charge in [0.1, 0.15) is 5.82 Å². The monoisotopic (exact) mass is 426 g/mol. The standard InChI is InChI=1S/C20H28ClFN4O3/c1-23-19(27)25-10-13(12-29-2)7-17(11-25)26(16-5-6-16)20(28)24-9-14-3-4-15(21)8-18(14)22/h3-4,8,13,16-17H,5-7,9-12H2,1-2H3,(H,23,27)(H,24,28). The van der Waals surface area contributed by atoms with Gasteiger partial charge in [-0.15, -0.1) is 0 Å². The van der Waals surface area contributed by atoms with E-state index in [1.54, 1.807) is 31.2 Å². The zero-order valence-electron chi connectivity index (χ0n) is 16.8. The number of ether oxygens (including phenoxy) is 1. The molecule has 1 aromatic carbocycles. The van der Waals surface area contributed by atoms with Crippen molar-refractivity contribution in [3.05, 3.63) is 34.6 Å². The van der Waals surface area contributed by atoms with Crippen molar-refractivity contribution in [3.63, 3.8) is 0 Å². The summed E-state index contributed by atoms with van der Waals surface area (Å²) in [6.45, 7) is 1.68. The Morgan fingerprint density at radius 3 is 2.69 bits per heavy atom. The van der Waals surface area contributed by atoms with Crippen LogP contribution in [-0.2, 0) is 11.3 Å². The maximum absolute atomic E-state index is 14.0. The van der Waals surface area contributed by atoms with Gasteiger partial charge in [0.15, 0.2) is 0 Å². The van der Waals surface area contributed by atoms with Gasteiger partial charge in [-0.3, -0.25) is 0 Å². The predicted molar refractivity (Wildman–Crippen MR) is 108 cm³/mol. The van der Waals surface area contributed by atoms with Crippen LogP contribution in [0.15, 0.2) is 18.2 Å². The summed E-state index contributed by atoms with van der Waals surface area (Å²) in [5.74, 6) is -0.293. The maximum Gasteiger partial charge on any atom is 0.318 e. The highest BCUT2D eigenvalue weighted by atomic mass is 35.5. The van der Waals surface area contributed by atoms with Gasteiger partial charge >= 0.3 is 12.1 Å². The summed E-state index contributed by atoms with van der Waals surface area (Å²) < 4.78 is 19.3. The number of carbonyl (C=O) groups excluding carboxylic acids is 2. The van der Waals surface area contributed by atoms with Crippen LogP contribution >= 0.6 is 11.6 Å². The second kappa shape index (κ2) is 9.63. The molecule has 1 saturated carbocycles. The summed E-state index contributed by atoms with van der Waals surface area (Å²) >= 11 is 5.79. The lowest BCUT2D eigenvalue weighted by molar-refractivity contribution is 0.0552. The molecule has 0 aromatic heterocycles. The zero-order valence-corrected chi connectivity index (χ0v) is 17.5. The quantitative estimate of drug-likeness (QED) is 0.734.